The van der Waals surface area contributed by atoms with Crippen LogP contribution in [0.2, 0.25) is 0 Å². The molecule has 116 valence electrons. The average molecular weight is 302 g/mol. The molecule has 0 spiro atoms. The van der Waals surface area contributed by atoms with Crippen molar-refractivity contribution in [1.29, 1.82) is 0 Å². The van der Waals surface area contributed by atoms with E-state index in [1.165, 1.54) is 0 Å². The summed E-state index contributed by atoms with van der Waals surface area (Å²) in [7, 11) is 0. The van der Waals surface area contributed by atoms with Crippen molar-refractivity contribution in [3.63, 3.8) is 0 Å². The molecule has 1 aromatic rings. The number of anilines is 1. The third kappa shape index (κ3) is 3.63. The molecular weight excluding hydrogens is 285 g/mol. The number of rotatable bonds is 3. The summed E-state index contributed by atoms with van der Waals surface area (Å²) in [5, 5.41) is 2.86. The molecule has 1 amide bonds. The molecule has 1 fully saturated rings. The quantitative estimate of drug-likeness (QED) is 0.794. The van der Waals surface area contributed by atoms with Crippen LogP contribution >= 0.6 is 0 Å². The molecule has 0 saturated heterocycles. The van der Waals surface area contributed by atoms with Gasteiger partial charge in [-0.3, -0.25) is 4.79 Å². The van der Waals surface area contributed by atoms with Crippen molar-refractivity contribution in [2.24, 2.45) is 11.5 Å². The fourth-order valence-electron chi connectivity index (χ4n) is 2.44. The third-order valence-corrected chi connectivity index (χ3v) is 3.59. The Morgan fingerprint density at radius 1 is 1.29 bits per heavy atom. The van der Waals surface area contributed by atoms with Crippen molar-refractivity contribution in [3.05, 3.63) is 23.4 Å². The van der Waals surface area contributed by atoms with Gasteiger partial charge in [0.25, 0.3) is 5.91 Å². The molecule has 1 heterocycles. The number of carbonyl (C=O) groups excluding carboxylic acids is 1. The van der Waals surface area contributed by atoms with Crippen LogP contribution in [0.4, 0.5) is 19.0 Å². The molecular formula is C13H17F3N4O. The van der Waals surface area contributed by atoms with E-state index in [2.05, 4.69) is 10.3 Å². The molecule has 21 heavy (non-hydrogen) atoms. The van der Waals surface area contributed by atoms with E-state index >= 15 is 0 Å². The summed E-state index contributed by atoms with van der Waals surface area (Å²) in [4.78, 5) is 14.8. The molecule has 5 N–H and O–H groups in total. The Morgan fingerprint density at radius 3 is 2.52 bits per heavy atom. The van der Waals surface area contributed by atoms with Crippen LogP contribution in [-0.4, -0.2) is 23.0 Å². The second-order valence-corrected chi connectivity index (χ2v) is 5.15. The number of alkyl halides is 3. The van der Waals surface area contributed by atoms with Crippen molar-refractivity contribution < 1.29 is 18.0 Å². The van der Waals surface area contributed by atoms with E-state index in [9.17, 15) is 18.0 Å². The lowest BCUT2D eigenvalue weighted by Crippen LogP contribution is -2.43. The van der Waals surface area contributed by atoms with Gasteiger partial charge in [0.2, 0.25) is 0 Å². The minimum atomic E-state index is -4.58. The van der Waals surface area contributed by atoms with Gasteiger partial charge in [0.1, 0.15) is 11.5 Å². The molecule has 0 aromatic carbocycles. The van der Waals surface area contributed by atoms with Gasteiger partial charge in [-0.15, -0.1) is 0 Å². The van der Waals surface area contributed by atoms with E-state index in [4.69, 9.17) is 11.5 Å². The number of halogens is 3. The predicted molar refractivity (Wildman–Crippen MR) is 71.6 cm³/mol. The van der Waals surface area contributed by atoms with E-state index < -0.39 is 17.8 Å². The second kappa shape index (κ2) is 5.88. The summed E-state index contributed by atoms with van der Waals surface area (Å²) in [5.74, 6) is -0.984. The van der Waals surface area contributed by atoms with Crippen molar-refractivity contribution in [3.8, 4) is 0 Å². The average Bonchev–Trinajstić information content (AvgIpc) is 2.40. The molecule has 1 aliphatic carbocycles. The van der Waals surface area contributed by atoms with Crippen LogP contribution in [0.5, 0.6) is 0 Å². The molecule has 1 aromatic heterocycles. The van der Waals surface area contributed by atoms with Crippen LogP contribution in [0.15, 0.2) is 12.1 Å². The van der Waals surface area contributed by atoms with Crippen LogP contribution in [0.25, 0.3) is 0 Å². The van der Waals surface area contributed by atoms with Gasteiger partial charge in [-0.05, 0) is 25.0 Å². The number of primary amides is 1. The third-order valence-electron chi connectivity index (χ3n) is 3.59. The van der Waals surface area contributed by atoms with Gasteiger partial charge in [-0.2, -0.15) is 13.2 Å². The highest BCUT2D eigenvalue weighted by atomic mass is 19.4. The van der Waals surface area contributed by atoms with E-state index in [0.717, 1.165) is 37.8 Å². The van der Waals surface area contributed by atoms with Gasteiger partial charge in [0.05, 0.1) is 5.56 Å². The smallest absolute Gasteiger partial charge is 0.365 e. The highest BCUT2D eigenvalue weighted by Crippen LogP contribution is 2.30. The highest BCUT2D eigenvalue weighted by Gasteiger charge is 2.34. The number of nitrogens with one attached hydrogen (secondary N) is 1. The lowest BCUT2D eigenvalue weighted by Gasteiger charge is -2.30. The van der Waals surface area contributed by atoms with E-state index in [-0.39, 0.29) is 23.5 Å². The first-order valence-corrected chi connectivity index (χ1v) is 6.69. The summed E-state index contributed by atoms with van der Waals surface area (Å²) in [5.41, 5.74) is 9.99. The van der Waals surface area contributed by atoms with Crippen LogP contribution in [0, 0.1) is 0 Å². The fraction of sp³-hybridized carbons (Fsp3) is 0.538. The molecule has 0 bridgehead atoms. The number of nitrogens with two attached hydrogens (primary N) is 2. The summed E-state index contributed by atoms with van der Waals surface area (Å²) >= 11 is 0. The lowest BCUT2D eigenvalue weighted by molar-refractivity contribution is -0.141. The largest absolute Gasteiger partial charge is 0.433 e. The monoisotopic (exact) mass is 302 g/mol. The number of amides is 1. The van der Waals surface area contributed by atoms with Gasteiger partial charge in [0.15, 0.2) is 0 Å². The zero-order valence-electron chi connectivity index (χ0n) is 11.3. The van der Waals surface area contributed by atoms with Crippen molar-refractivity contribution in [2.75, 3.05) is 5.32 Å². The Hall–Kier alpha value is -1.83. The summed E-state index contributed by atoms with van der Waals surface area (Å²) in [6.07, 6.45) is -1.17. The van der Waals surface area contributed by atoms with Crippen LogP contribution in [0.1, 0.15) is 41.7 Å². The van der Waals surface area contributed by atoms with Gasteiger partial charge >= 0.3 is 6.18 Å². The number of pyridine rings is 1. The van der Waals surface area contributed by atoms with Gasteiger partial charge in [-0.1, -0.05) is 12.8 Å². The zero-order valence-corrected chi connectivity index (χ0v) is 11.3. The maximum atomic E-state index is 12.7. The Labute approximate surface area is 119 Å². The van der Waals surface area contributed by atoms with Crippen LogP contribution in [-0.2, 0) is 6.18 Å². The van der Waals surface area contributed by atoms with Crippen molar-refractivity contribution >= 4 is 11.7 Å². The number of carbonyl (C=O) groups is 1. The Bertz CT molecular complexity index is 533. The van der Waals surface area contributed by atoms with Gasteiger partial charge in [0, 0.05) is 12.1 Å². The fourth-order valence-corrected chi connectivity index (χ4v) is 2.44. The van der Waals surface area contributed by atoms with E-state index in [1.54, 1.807) is 0 Å². The number of aromatic nitrogens is 1. The summed E-state index contributed by atoms with van der Waals surface area (Å²) in [6.45, 7) is 0. The SMILES string of the molecule is NC(=O)c1ccc(C(F)(F)F)nc1N[C@@H]1CCCC[C@H]1N. The first-order chi connectivity index (χ1) is 9.79. The van der Waals surface area contributed by atoms with Crippen LogP contribution < -0.4 is 16.8 Å². The number of hydrogen-bond acceptors (Lipinski definition) is 4. The Kier molecular flexibility index (Phi) is 4.36. The molecule has 8 heteroatoms. The summed E-state index contributed by atoms with van der Waals surface area (Å²) < 4.78 is 38.2. The molecule has 0 aliphatic heterocycles. The Balaban J connectivity index is 2.32. The predicted octanol–water partition coefficient (Wildman–Crippen LogP) is 1.88. The normalized spacial score (nSPS) is 22.9. The van der Waals surface area contributed by atoms with Gasteiger partial charge < -0.3 is 16.8 Å². The second-order valence-electron chi connectivity index (χ2n) is 5.15. The zero-order chi connectivity index (χ0) is 15.6. The van der Waals surface area contributed by atoms with Crippen molar-refractivity contribution in [2.45, 2.75) is 43.9 Å². The first kappa shape index (κ1) is 15.6. The molecule has 1 aliphatic rings. The lowest BCUT2D eigenvalue weighted by atomic mass is 9.91. The van der Waals surface area contributed by atoms with Crippen LogP contribution in [0.3, 0.4) is 0 Å². The van der Waals surface area contributed by atoms with E-state index in [1.807, 2.05) is 0 Å². The summed E-state index contributed by atoms with van der Waals surface area (Å²) in [6, 6.07) is 1.38. The number of hydrogen-bond donors (Lipinski definition) is 3. The minimum absolute atomic E-state index is 0.0687. The topological polar surface area (TPSA) is 94.0 Å². The maximum absolute atomic E-state index is 12.7. The highest BCUT2D eigenvalue weighted by molar-refractivity contribution is 5.97. The molecule has 0 unspecified atom stereocenters. The standard InChI is InChI=1S/C13H17F3N4O/c14-13(15,16)10-6-5-7(11(18)21)12(20-10)19-9-4-2-1-3-8(9)17/h5-6,8-9H,1-4,17H2,(H2,18,21)(H,19,20)/t8-,9-/m1/s1. The number of nitrogens with zero attached hydrogens (tertiary/aromatic N) is 1. The molecule has 5 nitrogen and oxygen atoms in total. The minimum Gasteiger partial charge on any atom is -0.365 e. The molecule has 1 saturated carbocycles. The molecule has 0 radical (unpaired) electrons. The first-order valence-electron chi connectivity index (χ1n) is 6.69. The molecule has 2 atom stereocenters. The Morgan fingerprint density at radius 2 is 1.95 bits per heavy atom. The maximum Gasteiger partial charge on any atom is 0.433 e. The molecule has 2 rings (SSSR count). The van der Waals surface area contributed by atoms with Crippen molar-refractivity contribution in [1.82, 2.24) is 4.98 Å². The van der Waals surface area contributed by atoms with Gasteiger partial charge in [-0.25, -0.2) is 4.98 Å². The van der Waals surface area contributed by atoms with E-state index in [0.29, 0.717) is 0 Å².